The Kier molecular flexibility index (Phi) is 3.13. The highest BCUT2D eigenvalue weighted by atomic mass is 79.9. The number of benzene rings is 2. The van der Waals surface area contributed by atoms with E-state index in [9.17, 15) is 0 Å². The van der Waals surface area contributed by atoms with Crippen molar-refractivity contribution in [2.75, 3.05) is 5.73 Å². The Hall–Kier alpha value is -1.68. The molecule has 3 rings (SSSR count). The van der Waals surface area contributed by atoms with E-state index in [0.717, 1.165) is 16.6 Å². The number of fused-ring (bicyclic) bond motifs is 1. The molecule has 3 nitrogen and oxygen atoms in total. The second kappa shape index (κ2) is 4.70. The van der Waals surface area contributed by atoms with Gasteiger partial charge in [-0.15, -0.1) is 0 Å². The quantitative estimate of drug-likeness (QED) is 0.820. The van der Waals surface area contributed by atoms with Gasteiger partial charge in [0.05, 0.1) is 5.69 Å². The van der Waals surface area contributed by atoms with E-state index >= 15 is 0 Å². The van der Waals surface area contributed by atoms with E-state index in [1.807, 2.05) is 30.3 Å². The maximum Gasteiger partial charge on any atom is 0.169 e. The van der Waals surface area contributed by atoms with Gasteiger partial charge in [0.15, 0.2) is 17.2 Å². The van der Waals surface area contributed by atoms with Crippen LogP contribution in [0.25, 0.3) is 0 Å². The molecule has 2 aromatic carbocycles. The van der Waals surface area contributed by atoms with Gasteiger partial charge < -0.3 is 15.2 Å². The number of anilines is 1. The number of hydrogen-bond donors (Lipinski definition) is 1. The molecule has 0 saturated heterocycles. The van der Waals surface area contributed by atoms with Crippen LogP contribution in [-0.2, 0) is 6.42 Å². The number of rotatable bonds is 2. The van der Waals surface area contributed by atoms with Gasteiger partial charge in [-0.25, -0.2) is 0 Å². The maximum atomic E-state index is 5.99. The molecule has 0 radical (unpaired) electrons. The molecule has 0 unspecified atom stereocenters. The number of nitrogen functional groups attached to an aromatic ring is 1. The first-order valence-corrected chi connectivity index (χ1v) is 7.28. The smallest absolute Gasteiger partial charge is 0.169 e. The standard InChI is InChI=1S/C16H16BrNO2/c1-16(2)9-10-4-3-5-13(15(10)20-16)19-14-8-11(17)6-7-12(14)18/h3-8H,9,18H2,1-2H3. The molecule has 0 atom stereocenters. The van der Waals surface area contributed by atoms with Crippen LogP contribution in [0, 0.1) is 0 Å². The molecule has 2 N–H and O–H groups in total. The van der Waals surface area contributed by atoms with Gasteiger partial charge in [-0.1, -0.05) is 28.1 Å². The first-order valence-electron chi connectivity index (χ1n) is 6.48. The van der Waals surface area contributed by atoms with Gasteiger partial charge in [0.25, 0.3) is 0 Å². The van der Waals surface area contributed by atoms with Crippen LogP contribution in [-0.4, -0.2) is 5.60 Å². The summed E-state index contributed by atoms with van der Waals surface area (Å²) in [6, 6.07) is 11.5. The fourth-order valence-corrected chi connectivity index (χ4v) is 2.72. The zero-order valence-corrected chi connectivity index (χ0v) is 13.0. The summed E-state index contributed by atoms with van der Waals surface area (Å²) in [6.45, 7) is 4.15. The van der Waals surface area contributed by atoms with Crippen molar-refractivity contribution in [2.45, 2.75) is 25.9 Å². The lowest BCUT2D eigenvalue weighted by atomic mass is 10.0. The van der Waals surface area contributed by atoms with Crippen molar-refractivity contribution in [3.63, 3.8) is 0 Å². The van der Waals surface area contributed by atoms with Crippen molar-refractivity contribution in [2.24, 2.45) is 0 Å². The van der Waals surface area contributed by atoms with E-state index < -0.39 is 0 Å². The molecule has 0 fully saturated rings. The Morgan fingerprint density at radius 2 is 2.00 bits per heavy atom. The molecule has 1 heterocycles. The van der Waals surface area contributed by atoms with Gasteiger partial charge >= 0.3 is 0 Å². The monoisotopic (exact) mass is 333 g/mol. The number of hydrogen-bond acceptors (Lipinski definition) is 3. The van der Waals surface area contributed by atoms with Gasteiger partial charge in [-0.05, 0) is 38.1 Å². The van der Waals surface area contributed by atoms with Crippen molar-refractivity contribution < 1.29 is 9.47 Å². The van der Waals surface area contributed by atoms with Gasteiger partial charge in [0.1, 0.15) is 5.60 Å². The number of ether oxygens (including phenoxy) is 2. The molecule has 2 aromatic rings. The summed E-state index contributed by atoms with van der Waals surface area (Å²) >= 11 is 3.42. The minimum Gasteiger partial charge on any atom is -0.483 e. The lowest BCUT2D eigenvalue weighted by molar-refractivity contribution is 0.135. The van der Waals surface area contributed by atoms with Gasteiger partial charge in [-0.2, -0.15) is 0 Å². The number of nitrogens with two attached hydrogens (primary N) is 1. The Morgan fingerprint density at radius 3 is 2.80 bits per heavy atom. The fourth-order valence-electron chi connectivity index (χ4n) is 2.38. The molecule has 0 aromatic heterocycles. The van der Waals surface area contributed by atoms with Gasteiger partial charge in [0, 0.05) is 16.5 Å². The molecule has 1 aliphatic heterocycles. The summed E-state index contributed by atoms with van der Waals surface area (Å²) < 4.78 is 12.9. The molecule has 0 aliphatic carbocycles. The van der Waals surface area contributed by atoms with E-state index in [0.29, 0.717) is 17.2 Å². The summed E-state index contributed by atoms with van der Waals surface area (Å²) in [6.07, 6.45) is 0.882. The van der Waals surface area contributed by atoms with E-state index in [1.165, 1.54) is 5.56 Å². The van der Waals surface area contributed by atoms with Crippen molar-refractivity contribution in [3.8, 4) is 17.2 Å². The first kappa shape index (κ1) is 13.3. The summed E-state index contributed by atoms with van der Waals surface area (Å²) in [5.41, 5.74) is 7.53. The second-order valence-electron chi connectivity index (χ2n) is 5.57. The van der Waals surface area contributed by atoms with Crippen molar-refractivity contribution in [1.82, 2.24) is 0 Å². The van der Waals surface area contributed by atoms with Crippen LogP contribution in [0.1, 0.15) is 19.4 Å². The minimum atomic E-state index is -0.190. The topological polar surface area (TPSA) is 44.5 Å². The zero-order valence-electron chi connectivity index (χ0n) is 11.4. The van der Waals surface area contributed by atoms with E-state index in [1.54, 1.807) is 0 Å². The third kappa shape index (κ3) is 2.48. The maximum absolute atomic E-state index is 5.99. The summed E-state index contributed by atoms with van der Waals surface area (Å²) in [5, 5.41) is 0. The fraction of sp³-hybridized carbons (Fsp3) is 0.250. The molecule has 0 saturated carbocycles. The highest BCUT2D eigenvalue weighted by Gasteiger charge is 2.32. The molecule has 20 heavy (non-hydrogen) atoms. The van der Waals surface area contributed by atoms with Gasteiger partial charge in [0.2, 0.25) is 0 Å². The van der Waals surface area contributed by atoms with E-state index in [4.69, 9.17) is 15.2 Å². The lowest BCUT2D eigenvalue weighted by Gasteiger charge is -2.18. The van der Waals surface area contributed by atoms with Crippen molar-refractivity contribution in [3.05, 3.63) is 46.4 Å². The Morgan fingerprint density at radius 1 is 1.20 bits per heavy atom. The van der Waals surface area contributed by atoms with Crippen LogP contribution in [0.15, 0.2) is 40.9 Å². The van der Waals surface area contributed by atoms with Crippen molar-refractivity contribution >= 4 is 21.6 Å². The highest BCUT2D eigenvalue weighted by molar-refractivity contribution is 9.10. The molecular formula is C16H16BrNO2. The minimum absolute atomic E-state index is 0.190. The highest BCUT2D eigenvalue weighted by Crippen LogP contribution is 2.44. The predicted octanol–water partition coefficient (Wildman–Crippen LogP) is 4.54. The summed E-state index contributed by atoms with van der Waals surface area (Å²) in [4.78, 5) is 0. The number of para-hydroxylation sites is 1. The predicted molar refractivity (Wildman–Crippen MR) is 83.5 cm³/mol. The Labute approximate surface area is 126 Å². The molecule has 1 aliphatic rings. The molecule has 0 bridgehead atoms. The number of halogens is 1. The average molecular weight is 334 g/mol. The van der Waals surface area contributed by atoms with E-state index in [-0.39, 0.29) is 5.60 Å². The van der Waals surface area contributed by atoms with Crippen molar-refractivity contribution in [1.29, 1.82) is 0 Å². The molecule has 0 spiro atoms. The Bertz CT molecular complexity index is 668. The van der Waals surface area contributed by atoms with Crippen LogP contribution in [0.3, 0.4) is 0 Å². The third-order valence-corrected chi connectivity index (χ3v) is 3.74. The van der Waals surface area contributed by atoms with Crippen LogP contribution >= 0.6 is 15.9 Å². The van der Waals surface area contributed by atoms with E-state index in [2.05, 4.69) is 35.8 Å². The largest absolute Gasteiger partial charge is 0.483 e. The SMILES string of the molecule is CC1(C)Cc2cccc(Oc3cc(Br)ccc3N)c2O1. The average Bonchev–Trinajstić information content (AvgIpc) is 2.69. The van der Waals surface area contributed by atoms with Crippen LogP contribution in [0.4, 0.5) is 5.69 Å². The third-order valence-electron chi connectivity index (χ3n) is 3.25. The summed E-state index contributed by atoms with van der Waals surface area (Å²) in [7, 11) is 0. The lowest BCUT2D eigenvalue weighted by Crippen LogP contribution is -2.24. The summed E-state index contributed by atoms with van der Waals surface area (Å²) in [5.74, 6) is 2.15. The molecule has 0 amide bonds. The normalized spacial score (nSPS) is 15.6. The second-order valence-corrected chi connectivity index (χ2v) is 6.48. The Balaban J connectivity index is 1.97. The van der Waals surface area contributed by atoms with Crippen LogP contribution < -0.4 is 15.2 Å². The zero-order chi connectivity index (χ0) is 14.3. The first-order chi connectivity index (χ1) is 9.44. The molecular weight excluding hydrogens is 318 g/mol. The molecule has 104 valence electrons. The van der Waals surface area contributed by atoms with Gasteiger partial charge in [-0.3, -0.25) is 0 Å². The molecule has 4 heteroatoms. The van der Waals surface area contributed by atoms with Crippen LogP contribution in [0.2, 0.25) is 0 Å². The van der Waals surface area contributed by atoms with Crippen LogP contribution in [0.5, 0.6) is 17.2 Å².